The van der Waals surface area contributed by atoms with Crippen molar-refractivity contribution in [3.05, 3.63) is 53.6 Å². The molecule has 1 aromatic carbocycles. The van der Waals surface area contributed by atoms with E-state index < -0.39 is 21.0 Å². The predicted molar refractivity (Wildman–Crippen MR) is 92.9 cm³/mol. The molecular weight excluding hydrogens is 320 g/mol. The molecule has 0 aromatic heterocycles. The number of benzene rings is 1. The van der Waals surface area contributed by atoms with Gasteiger partial charge >= 0.3 is 0 Å². The van der Waals surface area contributed by atoms with Crippen molar-refractivity contribution in [3.8, 4) is 0 Å². The standard InChI is InChI=1S/C20H20O3S/c1-12-4-8-16(9-5-12)24(23)20-15-7-6-14(11-15)19(20,3)17(21)10-13(2)18(20)22/h4-10,14-15H,11H2,1-3H3/t14-,15+,19+,20+,24?/m0/s1. The first-order valence-corrected chi connectivity index (χ1v) is 9.43. The second kappa shape index (κ2) is 4.85. The topological polar surface area (TPSA) is 51.2 Å². The monoisotopic (exact) mass is 340 g/mol. The zero-order valence-corrected chi connectivity index (χ0v) is 14.9. The number of Topliss-reactive ketones (excluding diaryl/α,β-unsaturated/α-hetero) is 1. The first-order chi connectivity index (χ1) is 11.3. The fourth-order valence-electron chi connectivity index (χ4n) is 4.83. The molecule has 2 bridgehead atoms. The van der Waals surface area contributed by atoms with E-state index in [4.69, 9.17) is 0 Å². The number of hydrogen-bond donors (Lipinski definition) is 0. The van der Waals surface area contributed by atoms with Crippen LogP contribution in [0.15, 0.2) is 53.0 Å². The van der Waals surface area contributed by atoms with E-state index in [2.05, 4.69) is 0 Å². The van der Waals surface area contributed by atoms with Crippen molar-refractivity contribution in [2.45, 2.75) is 36.8 Å². The molecule has 24 heavy (non-hydrogen) atoms. The van der Waals surface area contributed by atoms with E-state index in [1.54, 1.807) is 6.92 Å². The average Bonchev–Trinajstić information content (AvgIpc) is 3.13. The van der Waals surface area contributed by atoms with Crippen LogP contribution in [0.1, 0.15) is 25.8 Å². The number of aryl methyl sites for hydroxylation is 1. The summed E-state index contributed by atoms with van der Waals surface area (Å²) in [6, 6.07) is 7.45. The Labute approximate surface area is 144 Å². The summed E-state index contributed by atoms with van der Waals surface area (Å²) in [5.41, 5.74) is 0.587. The van der Waals surface area contributed by atoms with E-state index in [0.29, 0.717) is 10.5 Å². The molecule has 0 heterocycles. The van der Waals surface area contributed by atoms with Crippen LogP contribution in [0.2, 0.25) is 0 Å². The zero-order valence-electron chi connectivity index (χ0n) is 14.0. The Bertz CT molecular complexity index is 848. The van der Waals surface area contributed by atoms with E-state index in [-0.39, 0.29) is 23.4 Å². The van der Waals surface area contributed by atoms with E-state index >= 15 is 0 Å². The third-order valence-electron chi connectivity index (χ3n) is 6.20. The van der Waals surface area contributed by atoms with Gasteiger partial charge in [0.1, 0.15) is 4.75 Å². The van der Waals surface area contributed by atoms with Gasteiger partial charge in [0, 0.05) is 10.8 Å². The van der Waals surface area contributed by atoms with E-state index in [1.165, 1.54) is 6.08 Å². The highest BCUT2D eigenvalue weighted by Gasteiger charge is 2.74. The first-order valence-electron chi connectivity index (χ1n) is 8.28. The lowest BCUT2D eigenvalue weighted by Crippen LogP contribution is -2.63. The molecule has 1 aromatic rings. The Morgan fingerprint density at radius 2 is 1.67 bits per heavy atom. The number of ketones is 2. The predicted octanol–water partition coefficient (Wildman–Crippen LogP) is 3.15. The minimum absolute atomic E-state index is 0.0160. The molecule has 0 amide bonds. The molecule has 1 saturated carbocycles. The third-order valence-corrected chi connectivity index (χ3v) is 8.40. The van der Waals surface area contributed by atoms with Crippen LogP contribution in [0.5, 0.6) is 0 Å². The van der Waals surface area contributed by atoms with Crippen LogP contribution in [-0.2, 0) is 20.4 Å². The number of allylic oxidation sites excluding steroid dienone is 4. The maximum absolute atomic E-state index is 13.7. The van der Waals surface area contributed by atoms with Gasteiger partial charge in [0.05, 0.1) is 16.2 Å². The van der Waals surface area contributed by atoms with Crippen molar-refractivity contribution < 1.29 is 13.8 Å². The van der Waals surface area contributed by atoms with Crippen molar-refractivity contribution in [1.29, 1.82) is 0 Å². The molecule has 5 atom stereocenters. The number of rotatable bonds is 2. The fraction of sp³-hybridized carbons (Fsp3) is 0.400. The highest BCUT2D eigenvalue weighted by molar-refractivity contribution is 7.87. The summed E-state index contributed by atoms with van der Waals surface area (Å²) in [4.78, 5) is 26.9. The van der Waals surface area contributed by atoms with Gasteiger partial charge in [0.15, 0.2) is 11.6 Å². The molecule has 0 aliphatic heterocycles. The second-order valence-electron chi connectivity index (χ2n) is 7.37. The molecule has 0 saturated heterocycles. The minimum Gasteiger partial charge on any atom is -0.294 e. The first kappa shape index (κ1) is 15.7. The lowest BCUT2D eigenvalue weighted by atomic mass is 9.61. The molecule has 3 nitrogen and oxygen atoms in total. The Kier molecular flexibility index (Phi) is 3.17. The minimum atomic E-state index is -1.58. The van der Waals surface area contributed by atoms with Crippen LogP contribution in [0, 0.1) is 24.2 Å². The molecule has 1 unspecified atom stereocenters. The van der Waals surface area contributed by atoms with Gasteiger partial charge in [-0.05, 0) is 56.9 Å². The van der Waals surface area contributed by atoms with E-state index in [1.807, 2.05) is 50.3 Å². The van der Waals surface area contributed by atoms with Crippen molar-refractivity contribution >= 4 is 22.4 Å². The number of fused-ring (bicyclic) bond motifs is 5. The van der Waals surface area contributed by atoms with Crippen molar-refractivity contribution in [2.75, 3.05) is 0 Å². The molecule has 0 N–H and O–H groups in total. The van der Waals surface area contributed by atoms with Gasteiger partial charge in [-0.2, -0.15) is 0 Å². The van der Waals surface area contributed by atoms with Crippen molar-refractivity contribution in [1.82, 2.24) is 0 Å². The van der Waals surface area contributed by atoms with Crippen LogP contribution in [0.4, 0.5) is 0 Å². The van der Waals surface area contributed by atoms with Gasteiger partial charge in [0.2, 0.25) is 0 Å². The SMILES string of the molecule is CC1=CC(=O)[C@@]2(C)[C@H]3C=C[C@H](C3)[C@@]2(S(=O)c2ccc(C)cc2)C1=O. The van der Waals surface area contributed by atoms with Gasteiger partial charge in [-0.1, -0.05) is 29.8 Å². The lowest BCUT2D eigenvalue weighted by molar-refractivity contribution is -0.134. The summed E-state index contributed by atoms with van der Waals surface area (Å²) in [6.07, 6.45) is 6.23. The average molecular weight is 340 g/mol. The van der Waals surface area contributed by atoms with Crippen LogP contribution >= 0.6 is 0 Å². The smallest absolute Gasteiger partial charge is 0.179 e. The van der Waals surface area contributed by atoms with E-state index in [9.17, 15) is 13.8 Å². The van der Waals surface area contributed by atoms with Crippen LogP contribution < -0.4 is 0 Å². The molecule has 4 rings (SSSR count). The molecular formula is C20H20O3S. The van der Waals surface area contributed by atoms with Gasteiger partial charge < -0.3 is 0 Å². The van der Waals surface area contributed by atoms with Crippen molar-refractivity contribution in [3.63, 3.8) is 0 Å². The quantitative estimate of drug-likeness (QED) is 0.777. The Hall–Kier alpha value is -1.81. The zero-order chi connectivity index (χ0) is 17.3. The van der Waals surface area contributed by atoms with Crippen LogP contribution in [-0.4, -0.2) is 20.5 Å². The van der Waals surface area contributed by atoms with Gasteiger partial charge in [0.25, 0.3) is 0 Å². The summed E-state index contributed by atoms with van der Waals surface area (Å²) in [5, 5.41) is 0. The van der Waals surface area contributed by atoms with Crippen LogP contribution in [0.25, 0.3) is 0 Å². The Morgan fingerprint density at radius 3 is 2.33 bits per heavy atom. The molecule has 0 spiro atoms. The molecule has 4 heteroatoms. The molecule has 1 fully saturated rings. The highest BCUT2D eigenvalue weighted by Crippen LogP contribution is 2.64. The maximum Gasteiger partial charge on any atom is 0.179 e. The number of carbonyl (C=O) groups excluding carboxylic acids is 2. The summed E-state index contributed by atoms with van der Waals surface area (Å²) < 4.78 is 12.5. The fourth-order valence-corrected chi connectivity index (χ4v) is 7.00. The molecule has 3 aliphatic rings. The van der Waals surface area contributed by atoms with E-state index in [0.717, 1.165) is 12.0 Å². The van der Waals surface area contributed by atoms with Gasteiger partial charge in [-0.15, -0.1) is 0 Å². The van der Waals surface area contributed by atoms with Crippen molar-refractivity contribution in [2.24, 2.45) is 17.3 Å². The summed E-state index contributed by atoms with van der Waals surface area (Å²) >= 11 is 0. The highest BCUT2D eigenvalue weighted by atomic mass is 32.2. The summed E-state index contributed by atoms with van der Waals surface area (Å²) in [5.74, 6) is -0.343. The number of hydrogen-bond acceptors (Lipinski definition) is 3. The summed E-state index contributed by atoms with van der Waals surface area (Å²) in [7, 11) is -1.58. The molecule has 3 aliphatic carbocycles. The largest absolute Gasteiger partial charge is 0.294 e. The van der Waals surface area contributed by atoms with Gasteiger partial charge in [-0.3, -0.25) is 13.8 Å². The van der Waals surface area contributed by atoms with Gasteiger partial charge in [-0.25, -0.2) is 0 Å². The Morgan fingerprint density at radius 1 is 1.04 bits per heavy atom. The van der Waals surface area contributed by atoms with Crippen LogP contribution in [0.3, 0.4) is 0 Å². The number of carbonyl (C=O) groups is 2. The maximum atomic E-state index is 13.7. The second-order valence-corrected chi connectivity index (χ2v) is 9.03. The molecule has 124 valence electrons. The normalized spacial score (nSPS) is 38.2. The lowest BCUT2D eigenvalue weighted by Gasteiger charge is -2.48. The molecule has 0 radical (unpaired) electrons. The Balaban J connectivity index is 1.98. The summed E-state index contributed by atoms with van der Waals surface area (Å²) in [6.45, 7) is 5.48. The third kappa shape index (κ3) is 1.60.